The smallest absolute Gasteiger partial charge is 0.462 e. The zero-order valence-corrected chi connectivity index (χ0v) is 41.8. The zero-order valence-electron chi connectivity index (χ0n) is 40.9. The monoisotopic (exact) mass is 960 g/mol. The van der Waals surface area contributed by atoms with Gasteiger partial charge in [-0.15, -0.1) is 0 Å². The van der Waals surface area contributed by atoms with Crippen LogP contribution in [0.3, 0.4) is 0 Å². The Hall–Kier alpha value is -2.82. The minimum Gasteiger partial charge on any atom is -0.462 e. The molecule has 2 aromatic heterocycles. The summed E-state index contributed by atoms with van der Waals surface area (Å²) < 4.78 is 72.9. The number of anilines is 1. The van der Waals surface area contributed by atoms with Crippen LogP contribution in [0.15, 0.2) is 6.33 Å². The molecule has 1 aliphatic heterocycles. The van der Waals surface area contributed by atoms with Gasteiger partial charge >= 0.3 is 19.8 Å². The van der Waals surface area contributed by atoms with Crippen molar-refractivity contribution >= 4 is 36.7 Å². The topological polar surface area (TPSA) is 193 Å². The second-order valence-corrected chi connectivity index (χ2v) is 19.8. The van der Waals surface area contributed by atoms with Gasteiger partial charge in [0, 0.05) is 19.9 Å². The SMILES string of the molecule is CCCCCCCCCCCCCCCC(=O)OCC(COP(=O)(O)OC[C@@]1(F)O[C@@H](n2cnc3c(NC)nc(C)nc32)[C@](C)(F)[C@@H]1O)OC(=O)CCCCCCCCCCCCCCC. The van der Waals surface area contributed by atoms with Gasteiger partial charge in [0.25, 0.3) is 5.85 Å². The third kappa shape index (κ3) is 20.8. The van der Waals surface area contributed by atoms with Crippen LogP contribution in [0.25, 0.3) is 11.2 Å². The van der Waals surface area contributed by atoms with E-state index in [0.717, 1.165) is 62.8 Å². The second kappa shape index (κ2) is 31.3. The van der Waals surface area contributed by atoms with Crippen molar-refractivity contribution in [3.63, 3.8) is 0 Å². The molecule has 0 amide bonds. The largest absolute Gasteiger partial charge is 0.472 e. The van der Waals surface area contributed by atoms with Crippen LogP contribution in [0.4, 0.5) is 14.6 Å². The van der Waals surface area contributed by atoms with Gasteiger partial charge in [-0.2, -0.15) is 0 Å². The third-order valence-corrected chi connectivity index (χ3v) is 13.2. The summed E-state index contributed by atoms with van der Waals surface area (Å²) >= 11 is 0. The van der Waals surface area contributed by atoms with E-state index in [1.807, 2.05) is 0 Å². The lowest BCUT2D eigenvalue weighted by Gasteiger charge is -2.26. The first-order chi connectivity index (χ1) is 31.7. The highest BCUT2D eigenvalue weighted by Crippen LogP contribution is 2.51. The maximum atomic E-state index is 16.2. The molecule has 0 spiro atoms. The third-order valence-electron chi connectivity index (χ3n) is 12.3. The van der Waals surface area contributed by atoms with Crippen LogP contribution in [0, 0.1) is 6.92 Å². The van der Waals surface area contributed by atoms with Crippen molar-refractivity contribution in [2.24, 2.45) is 0 Å². The molecule has 0 saturated carbocycles. The first-order valence-electron chi connectivity index (χ1n) is 25.3. The van der Waals surface area contributed by atoms with Gasteiger partial charge < -0.3 is 29.5 Å². The van der Waals surface area contributed by atoms with Crippen LogP contribution in [0.1, 0.15) is 213 Å². The number of alkyl halides is 2. The molecule has 0 bridgehead atoms. The number of aliphatic hydroxyl groups is 1. The summed E-state index contributed by atoms with van der Waals surface area (Å²) in [6.07, 6.45) is 25.8. The van der Waals surface area contributed by atoms with Crippen molar-refractivity contribution < 1.29 is 56.2 Å². The number of phosphoric ester groups is 1. The van der Waals surface area contributed by atoms with E-state index >= 15 is 8.78 Å². The Bertz CT molecular complexity index is 1720. The van der Waals surface area contributed by atoms with Crippen LogP contribution in [-0.2, 0) is 37.4 Å². The van der Waals surface area contributed by atoms with Crippen LogP contribution < -0.4 is 5.32 Å². The minimum absolute atomic E-state index is 0.0886. The molecule has 0 aliphatic carbocycles. The quantitative estimate of drug-likeness (QED) is 0.0325. The number of hydrogen-bond acceptors (Lipinski definition) is 13. The molecule has 2 aromatic rings. The fourth-order valence-electron chi connectivity index (χ4n) is 8.31. The normalized spacial score (nSPS) is 21.0. The van der Waals surface area contributed by atoms with Gasteiger partial charge in [-0.05, 0) is 26.7 Å². The second-order valence-electron chi connectivity index (χ2n) is 18.3. The van der Waals surface area contributed by atoms with Crippen LogP contribution in [0.2, 0.25) is 0 Å². The molecule has 0 radical (unpaired) electrons. The van der Waals surface area contributed by atoms with Crippen molar-refractivity contribution in [1.82, 2.24) is 19.5 Å². The summed E-state index contributed by atoms with van der Waals surface area (Å²) in [5.41, 5.74) is -2.47. The molecule has 1 fully saturated rings. The predicted molar refractivity (Wildman–Crippen MR) is 252 cm³/mol. The Kier molecular flexibility index (Phi) is 27.3. The van der Waals surface area contributed by atoms with E-state index in [4.69, 9.17) is 23.3 Å². The number of aromatic nitrogens is 4. The van der Waals surface area contributed by atoms with E-state index in [0.29, 0.717) is 24.5 Å². The van der Waals surface area contributed by atoms with Gasteiger partial charge in [-0.25, -0.2) is 28.3 Å². The van der Waals surface area contributed by atoms with Gasteiger partial charge in [-0.1, -0.05) is 168 Å². The number of phosphoric acid groups is 1. The summed E-state index contributed by atoms with van der Waals surface area (Å²) in [5.74, 6) is -3.81. The molecule has 1 saturated heterocycles. The number of imidazole rings is 1. The highest BCUT2D eigenvalue weighted by Gasteiger charge is 2.65. The van der Waals surface area contributed by atoms with Crippen molar-refractivity contribution in [3.05, 3.63) is 12.2 Å². The van der Waals surface area contributed by atoms with Gasteiger partial charge in [0.2, 0.25) is 0 Å². The van der Waals surface area contributed by atoms with Crippen molar-refractivity contribution in [3.8, 4) is 0 Å². The highest BCUT2D eigenvalue weighted by molar-refractivity contribution is 7.47. The van der Waals surface area contributed by atoms with E-state index in [1.165, 1.54) is 109 Å². The Labute approximate surface area is 393 Å². The number of unbranched alkanes of at least 4 members (excludes halogenated alkanes) is 24. The molecular weight excluding hydrogens is 876 g/mol. The van der Waals surface area contributed by atoms with Crippen molar-refractivity contribution in [2.45, 2.75) is 237 Å². The van der Waals surface area contributed by atoms with E-state index in [-0.39, 0.29) is 24.0 Å². The number of nitrogens with zero attached hydrogens (tertiary/aromatic N) is 4. The van der Waals surface area contributed by atoms with Crippen molar-refractivity contribution in [1.29, 1.82) is 0 Å². The number of halogens is 2. The van der Waals surface area contributed by atoms with Crippen molar-refractivity contribution in [2.75, 3.05) is 32.2 Å². The predicted octanol–water partition coefficient (Wildman–Crippen LogP) is 12.0. The lowest BCUT2D eigenvalue weighted by atomic mass is 9.97. The molecule has 380 valence electrons. The molecule has 3 heterocycles. The Morgan fingerprint density at radius 2 is 1.24 bits per heavy atom. The minimum atomic E-state index is -5.17. The number of hydrogen-bond donors (Lipinski definition) is 3. The summed E-state index contributed by atoms with van der Waals surface area (Å²) in [6, 6.07) is 0. The van der Waals surface area contributed by atoms with Crippen LogP contribution >= 0.6 is 7.82 Å². The Balaban J connectivity index is 1.48. The molecule has 0 aromatic carbocycles. The highest BCUT2D eigenvalue weighted by atomic mass is 31.2. The molecule has 3 rings (SSSR count). The molecule has 1 aliphatic rings. The van der Waals surface area contributed by atoms with E-state index in [1.54, 1.807) is 14.0 Å². The summed E-state index contributed by atoms with van der Waals surface area (Å²) in [4.78, 5) is 48.9. The number of ether oxygens (including phenoxy) is 3. The molecule has 66 heavy (non-hydrogen) atoms. The Morgan fingerprint density at radius 1 is 0.773 bits per heavy atom. The summed E-state index contributed by atoms with van der Waals surface area (Å²) in [5, 5.41) is 13.7. The maximum absolute atomic E-state index is 16.2. The van der Waals surface area contributed by atoms with Gasteiger partial charge in [0.15, 0.2) is 41.1 Å². The van der Waals surface area contributed by atoms with Gasteiger partial charge in [-0.3, -0.25) is 23.2 Å². The lowest BCUT2D eigenvalue weighted by Crippen LogP contribution is -2.46. The Morgan fingerprint density at radius 3 is 1.73 bits per heavy atom. The molecule has 6 atom stereocenters. The maximum Gasteiger partial charge on any atom is 0.472 e. The number of carbonyl (C=O) groups excluding carboxylic acids is 2. The molecule has 2 unspecified atom stereocenters. The van der Waals surface area contributed by atoms with Crippen LogP contribution in [-0.4, -0.2) is 92.1 Å². The summed E-state index contributed by atoms with van der Waals surface area (Å²) in [7, 11) is -3.56. The molecular formula is C48H84F2N5O10P. The average Bonchev–Trinajstić information content (AvgIpc) is 3.78. The number of aliphatic hydroxyl groups excluding tert-OH is 1. The first kappa shape index (κ1) is 57.5. The van der Waals surface area contributed by atoms with Gasteiger partial charge in [0.05, 0.1) is 12.9 Å². The molecule has 3 N–H and O–H groups in total. The number of esters is 2. The standard InChI is InChI=1S/C48H84F2N5O10P/c1-6-8-10-12-14-16-18-20-22-24-26-28-30-32-40(56)61-34-39(64-41(57)33-31-29-27-25-23-21-19-17-15-13-11-9-7-2)35-62-66(59,60)63-36-48(50)45(58)47(4,49)46(65-48)55-37-52-42-43(51-5)53-38(3)54-44(42)55/h37,39,45-46,58H,6-36H2,1-5H3,(H,59,60)(H,51,53,54)/t39?,45-,46+,47+,48+/m0/s1. The van der Waals surface area contributed by atoms with Crippen LogP contribution in [0.5, 0.6) is 0 Å². The summed E-state index contributed by atoms with van der Waals surface area (Å²) in [6.45, 7) is 4.35. The van der Waals surface area contributed by atoms with Gasteiger partial charge in [0.1, 0.15) is 19.0 Å². The first-order valence-corrected chi connectivity index (χ1v) is 26.8. The number of rotatable bonds is 39. The molecule has 15 nitrogen and oxygen atoms in total. The number of aryl methyl sites for hydroxylation is 1. The fourth-order valence-corrected chi connectivity index (χ4v) is 9.08. The van der Waals surface area contributed by atoms with E-state index < -0.39 is 69.5 Å². The lowest BCUT2D eigenvalue weighted by molar-refractivity contribution is -0.204. The van der Waals surface area contributed by atoms with E-state index in [9.17, 15) is 24.2 Å². The fraction of sp³-hybridized carbons (Fsp3) is 0.854. The average molecular weight is 960 g/mol. The number of nitrogens with one attached hydrogen (secondary N) is 1. The number of fused-ring (bicyclic) bond motifs is 1. The zero-order chi connectivity index (χ0) is 48.3. The van der Waals surface area contributed by atoms with E-state index in [2.05, 4.69) is 34.1 Å². The molecule has 18 heteroatoms. The number of carbonyl (C=O) groups is 2.